The van der Waals surface area contributed by atoms with Gasteiger partial charge in [0, 0.05) is 13.6 Å². The molecule has 0 aromatic carbocycles. The number of thiophene rings is 1. The fourth-order valence-electron chi connectivity index (χ4n) is 3.04. The van der Waals surface area contributed by atoms with Gasteiger partial charge in [-0.1, -0.05) is 37.9 Å². The monoisotopic (exact) mass is 388 g/mol. The lowest BCUT2D eigenvalue weighted by molar-refractivity contribution is -0.138. The summed E-state index contributed by atoms with van der Waals surface area (Å²) in [6.45, 7) is 0.602. The standard InChI is InChI=1S/C15H21BrN2OS2/c1-18(9-11-8-12(16)21-10-11)14(19)15(13(17)20)6-4-2-3-5-7-15/h8,10H,2-7,9H2,1H3,(H2,17,20). The van der Waals surface area contributed by atoms with Gasteiger partial charge in [-0.2, -0.15) is 0 Å². The maximum Gasteiger partial charge on any atom is 0.235 e. The molecule has 1 aromatic heterocycles. The number of carbonyl (C=O) groups is 1. The van der Waals surface area contributed by atoms with Crippen LogP contribution >= 0.6 is 39.5 Å². The van der Waals surface area contributed by atoms with E-state index in [4.69, 9.17) is 18.0 Å². The number of thiocarbonyl (C=S) groups is 1. The molecule has 1 fully saturated rings. The van der Waals surface area contributed by atoms with Crippen LogP contribution in [-0.2, 0) is 11.3 Å². The lowest BCUT2D eigenvalue weighted by Gasteiger charge is -2.34. The van der Waals surface area contributed by atoms with Crippen molar-refractivity contribution in [3.8, 4) is 0 Å². The molecule has 1 aromatic rings. The number of halogens is 1. The Kier molecular flexibility index (Phi) is 5.80. The maximum atomic E-state index is 13.0. The summed E-state index contributed by atoms with van der Waals surface area (Å²) in [6, 6.07) is 2.05. The largest absolute Gasteiger partial charge is 0.392 e. The zero-order chi connectivity index (χ0) is 15.5. The van der Waals surface area contributed by atoms with Gasteiger partial charge in [0.2, 0.25) is 5.91 Å². The number of amides is 1. The first kappa shape index (κ1) is 16.9. The summed E-state index contributed by atoms with van der Waals surface area (Å²) in [4.78, 5) is 15.1. The van der Waals surface area contributed by atoms with E-state index in [1.165, 1.54) is 12.8 Å². The van der Waals surface area contributed by atoms with Crippen LogP contribution in [0.1, 0.15) is 44.1 Å². The van der Waals surface area contributed by atoms with E-state index < -0.39 is 5.41 Å². The Morgan fingerprint density at radius 2 is 2.05 bits per heavy atom. The lowest BCUT2D eigenvalue weighted by Crippen LogP contribution is -2.49. The zero-order valence-corrected chi connectivity index (χ0v) is 15.5. The van der Waals surface area contributed by atoms with Crippen molar-refractivity contribution in [3.63, 3.8) is 0 Å². The average Bonchev–Trinajstić information content (AvgIpc) is 2.71. The first-order valence-electron chi connectivity index (χ1n) is 7.24. The van der Waals surface area contributed by atoms with Crippen molar-refractivity contribution in [3.05, 3.63) is 20.8 Å². The average molecular weight is 389 g/mol. The highest BCUT2D eigenvalue weighted by Crippen LogP contribution is 2.37. The summed E-state index contributed by atoms with van der Waals surface area (Å²) in [5.41, 5.74) is 6.49. The van der Waals surface area contributed by atoms with E-state index >= 15 is 0 Å². The number of rotatable bonds is 4. The van der Waals surface area contributed by atoms with Crippen molar-refractivity contribution in [2.45, 2.75) is 45.1 Å². The number of carbonyl (C=O) groups excluding carboxylic acids is 1. The molecule has 2 N–H and O–H groups in total. The molecule has 1 amide bonds. The molecule has 0 saturated heterocycles. The van der Waals surface area contributed by atoms with Crippen LogP contribution in [0.2, 0.25) is 0 Å². The highest BCUT2D eigenvalue weighted by atomic mass is 79.9. The normalized spacial score (nSPS) is 18.0. The summed E-state index contributed by atoms with van der Waals surface area (Å²) >= 11 is 10.4. The second-order valence-corrected chi connectivity index (χ2v) is 8.51. The summed E-state index contributed by atoms with van der Waals surface area (Å²) < 4.78 is 1.08. The molecule has 3 nitrogen and oxygen atoms in total. The summed E-state index contributed by atoms with van der Waals surface area (Å²) in [7, 11) is 1.85. The number of nitrogens with zero attached hydrogens (tertiary/aromatic N) is 1. The SMILES string of the molecule is CN(Cc1csc(Br)c1)C(=O)C1(C(N)=S)CCCCCC1. The predicted molar refractivity (Wildman–Crippen MR) is 95.4 cm³/mol. The topological polar surface area (TPSA) is 46.3 Å². The van der Waals surface area contributed by atoms with E-state index in [0.717, 1.165) is 35.0 Å². The third kappa shape index (κ3) is 3.85. The Hall–Kier alpha value is -0.460. The fourth-order valence-corrected chi connectivity index (χ4v) is 4.53. The van der Waals surface area contributed by atoms with Gasteiger partial charge in [-0.3, -0.25) is 4.79 Å². The first-order chi connectivity index (χ1) is 9.95. The van der Waals surface area contributed by atoms with E-state index in [1.54, 1.807) is 16.2 Å². The van der Waals surface area contributed by atoms with Crippen LogP contribution in [0.4, 0.5) is 0 Å². The Balaban J connectivity index is 2.15. The zero-order valence-electron chi connectivity index (χ0n) is 12.2. The second kappa shape index (κ2) is 7.20. The molecule has 0 atom stereocenters. The van der Waals surface area contributed by atoms with Crippen LogP contribution in [0.3, 0.4) is 0 Å². The summed E-state index contributed by atoms with van der Waals surface area (Å²) in [5.74, 6) is 0.0826. The molecule has 21 heavy (non-hydrogen) atoms. The number of hydrogen-bond donors (Lipinski definition) is 1. The summed E-state index contributed by atoms with van der Waals surface area (Å²) in [6.07, 6.45) is 5.97. The van der Waals surface area contributed by atoms with Crippen LogP contribution in [-0.4, -0.2) is 22.8 Å². The van der Waals surface area contributed by atoms with E-state index in [0.29, 0.717) is 11.5 Å². The highest BCUT2D eigenvalue weighted by molar-refractivity contribution is 9.11. The van der Waals surface area contributed by atoms with E-state index in [1.807, 2.05) is 7.05 Å². The quantitative estimate of drug-likeness (QED) is 0.623. The molecule has 0 aliphatic heterocycles. The van der Waals surface area contributed by atoms with Gasteiger partial charge in [-0.15, -0.1) is 11.3 Å². The van der Waals surface area contributed by atoms with E-state index in [-0.39, 0.29) is 5.91 Å². The number of nitrogens with two attached hydrogens (primary N) is 1. The Bertz CT molecular complexity index is 521. The predicted octanol–water partition coefficient (Wildman–Crippen LogP) is 4.10. The van der Waals surface area contributed by atoms with Crippen LogP contribution in [0, 0.1) is 5.41 Å². The maximum absolute atomic E-state index is 13.0. The van der Waals surface area contributed by atoms with Crippen molar-refractivity contribution < 1.29 is 4.79 Å². The molecule has 0 spiro atoms. The van der Waals surface area contributed by atoms with Gasteiger partial charge in [0.25, 0.3) is 0 Å². The molecular weight excluding hydrogens is 368 g/mol. The Morgan fingerprint density at radius 1 is 1.43 bits per heavy atom. The number of hydrogen-bond acceptors (Lipinski definition) is 3. The van der Waals surface area contributed by atoms with Crippen LogP contribution in [0.15, 0.2) is 15.2 Å². The lowest BCUT2D eigenvalue weighted by atomic mass is 9.79. The molecule has 0 bridgehead atoms. The Labute approximate surface area is 144 Å². The van der Waals surface area contributed by atoms with Gasteiger partial charge >= 0.3 is 0 Å². The van der Waals surface area contributed by atoms with Gasteiger partial charge < -0.3 is 10.6 Å². The third-order valence-corrected chi connectivity index (χ3v) is 6.17. The Morgan fingerprint density at radius 3 is 2.52 bits per heavy atom. The second-order valence-electron chi connectivity index (χ2n) is 5.78. The van der Waals surface area contributed by atoms with Crippen molar-refractivity contribution >= 4 is 50.4 Å². The molecule has 1 aliphatic rings. The minimum atomic E-state index is -0.631. The van der Waals surface area contributed by atoms with E-state index in [9.17, 15) is 4.79 Å². The fraction of sp³-hybridized carbons (Fsp3) is 0.600. The van der Waals surface area contributed by atoms with E-state index in [2.05, 4.69) is 27.4 Å². The minimum Gasteiger partial charge on any atom is -0.392 e. The van der Waals surface area contributed by atoms with Gasteiger partial charge in [0.05, 0.1) is 14.2 Å². The molecule has 1 saturated carbocycles. The molecular formula is C15H21BrN2OS2. The van der Waals surface area contributed by atoms with Crippen molar-refractivity contribution in [1.29, 1.82) is 0 Å². The van der Waals surface area contributed by atoms with Gasteiger partial charge in [0.15, 0.2) is 0 Å². The molecule has 1 aliphatic carbocycles. The highest BCUT2D eigenvalue weighted by Gasteiger charge is 2.43. The summed E-state index contributed by atoms with van der Waals surface area (Å²) in [5, 5.41) is 2.06. The molecule has 0 radical (unpaired) electrons. The molecule has 6 heteroatoms. The first-order valence-corrected chi connectivity index (χ1v) is 9.32. The minimum absolute atomic E-state index is 0.0826. The van der Waals surface area contributed by atoms with Crippen molar-refractivity contribution in [2.75, 3.05) is 7.05 Å². The van der Waals surface area contributed by atoms with Crippen LogP contribution < -0.4 is 5.73 Å². The van der Waals surface area contributed by atoms with Crippen LogP contribution in [0.25, 0.3) is 0 Å². The molecule has 116 valence electrons. The van der Waals surface area contributed by atoms with Gasteiger partial charge in [-0.25, -0.2) is 0 Å². The van der Waals surface area contributed by atoms with Gasteiger partial charge in [0.1, 0.15) is 0 Å². The molecule has 0 unspecified atom stereocenters. The van der Waals surface area contributed by atoms with Crippen molar-refractivity contribution in [1.82, 2.24) is 4.90 Å². The molecule has 1 heterocycles. The van der Waals surface area contributed by atoms with Gasteiger partial charge in [-0.05, 0) is 45.8 Å². The van der Waals surface area contributed by atoms with Crippen LogP contribution in [0.5, 0.6) is 0 Å². The van der Waals surface area contributed by atoms with Crippen molar-refractivity contribution in [2.24, 2.45) is 11.1 Å². The molecule has 2 rings (SSSR count). The smallest absolute Gasteiger partial charge is 0.235 e. The third-order valence-electron chi connectivity index (χ3n) is 4.23.